The molecule has 76 valence electrons. The van der Waals surface area contributed by atoms with Crippen molar-refractivity contribution in [3.8, 4) is 0 Å². The molecule has 1 rings (SSSR count). The van der Waals surface area contributed by atoms with Crippen LogP contribution >= 0.6 is 0 Å². The van der Waals surface area contributed by atoms with E-state index in [0.29, 0.717) is 6.04 Å². The fraction of sp³-hybridized carbons (Fsp3) is 0.900. The maximum atomic E-state index is 11.7. The largest absolute Gasteiger partial charge is 0.338 e. The summed E-state index contributed by atoms with van der Waals surface area (Å²) in [5.74, 6) is 0.145. The zero-order valence-electron chi connectivity index (χ0n) is 8.62. The average molecular weight is 184 g/mol. The van der Waals surface area contributed by atoms with Gasteiger partial charge in [0.1, 0.15) is 0 Å². The van der Waals surface area contributed by atoms with E-state index in [-0.39, 0.29) is 11.9 Å². The predicted molar refractivity (Wildman–Crippen MR) is 53.3 cm³/mol. The third-order valence-corrected chi connectivity index (χ3v) is 2.49. The van der Waals surface area contributed by atoms with Crippen LogP contribution < -0.4 is 5.73 Å². The highest BCUT2D eigenvalue weighted by molar-refractivity contribution is 5.82. The quantitative estimate of drug-likeness (QED) is 0.696. The van der Waals surface area contributed by atoms with Crippen molar-refractivity contribution in [2.24, 2.45) is 5.73 Å². The maximum absolute atomic E-state index is 11.7. The first-order valence-corrected chi connectivity index (χ1v) is 5.26. The average Bonchev–Trinajstić information content (AvgIpc) is 2.95. The van der Waals surface area contributed by atoms with Gasteiger partial charge in [0.2, 0.25) is 5.91 Å². The summed E-state index contributed by atoms with van der Waals surface area (Å²) in [6, 6.07) is 0.220. The van der Waals surface area contributed by atoms with E-state index in [1.807, 2.05) is 11.8 Å². The molecule has 2 N–H and O–H groups in total. The second-order valence-corrected chi connectivity index (χ2v) is 3.78. The van der Waals surface area contributed by atoms with Crippen LogP contribution in [0.25, 0.3) is 0 Å². The summed E-state index contributed by atoms with van der Waals surface area (Å²) >= 11 is 0. The molecule has 0 radical (unpaired) electrons. The molecule has 1 aliphatic rings. The van der Waals surface area contributed by atoms with E-state index in [1.165, 1.54) is 12.8 Å². The first kappa shape index (κ1) is 10.5. The Morgan fingerprint density at radius 2 is 2.15 bits per heavy atom. The number of amides is 1. The number of nitrogens with two attached hydrogens (primary N) is 1. The Hall–Kier alpha value is -0.570. The Bertz CT molecular complexity index is 178. The maximum Gasteiger partial charge on any atom is 0.239 e. The highest BCUT2D eigenvalue weighted by atomic mass is 16.2. The van der Waals surface area contributed by atoms with Crippen LogP contribution in [0.2, 0.25) is 0 Å². The molecule has 0 aromatic rings. The molecule has 3 heteroatoms. The number of rotatable bonds is 5. The lowest BCUT2D eigenvalue weighted by molar-refractivity contribution is -0.133. The van der Waals surface area contributed by atoms with Crippen molar-refractivity contribution in [1.82, 2.24) is 4.90 Å². The van der Waals surface area contributed by atoms with Gasteiger partial charge in [-0.1, -0.05) is 13.8 Å². The van der Waals surface area contributed by atoms with E-state index in [2.05, 4.69) is 6.92 Å². The lowest BCUT2D eigenvalue weighted by atomic mass is 10.2. The van der Waals surface area contributed by atoms with Gasteiger partial charge in [0.25, 0.3) is 0 Å². The van der Waals surface area contributed by atoms with Crippen LogP contribution in [0.3, 0.4) is 0 Å². The van der Waals surface area contributed by atoms with E-state index >= 15 is 0 Å². The molecule has 1 aliphatic carbocycles. The van der Waals surface area contributed by atoms with Gasteiger partial charge in [0, 0.05) is 12.6 Å². The first-order valence-electron chi connectivity index (χ1n) is 5.26. The van der Waals surface area contributed by atoms with Crippen molar-refractivity contribution in [1.29, 1.82) is 0 Å². The Balaban J connectivity index is 2.47. The predicted octanol–water partition coefficient (Wildman–Crippen LogP) is 1.12. The minimum Gasteiger partial charge on any atom is -0.338 e. The van der Waals surface area contributed by atoms with Crippen molar-refractivity contribution in [2.45, 2.75) is 51.6 Å². The zero-order chi connectivity index (χ0) is 9.84. The third kappa shape index (κ3) is 2.69. The number of hydrogen-bond acceptors (Lipinski definition) is 2. The van der Waals surface area contributed by atoms with Gasteiger partial charge in [0.15, 0.2) is 0 Å². The number of nitrogens with zero attached hydrogens (tertiary/aromatic N) is 1. The molecule has 0 bridgehead atoms. The van der Waals surface area contributed by atoms with Gasteiger partial charge in [-0.25, -0.2) is 0 Å². The standard InChI is InChI=1S/C10H20N2O/c1-3-7-12(8-5-6-8)10(13)9(11)4-2/h8-9H,3-7,11H2,1-2H3. The van der Waals surface area contributed by atoms with Gasteiger partial charge in [-0.15, -0.1) is 0 Å². The van der Waals surface area contributed by atoms with Gasteiger partial charge in [-0.05, 0) is 25.7 Å². The van der Waals surface area contributed by atoms with Gasteiger partial charge in [0.05, 0.1) is 6.04 Å². The first-order chi connectivity index (χ1) is 6.20. The Morgan fingerprint density at radius 1 is 1.54 bits per heavy atom. The third-order valence-electron chi connectivity index (χ3n) is 2.49. The van der Waals surface area contributed by atoms with E-state index in [0.717, 1.165) is 19.4 Å². The molecule has 1 amide bonds. The summed E-state index contributed by atoms with van der Waals surface area (Å²) in [5.41, 5.74) is 5.72. The molecule has 1 fully saturated rings. The molecule has 0 aromatic heterocycles. The number of carbonyl (C=O) groups is 1. The lowest BCUT2D eigenvalue weighted by Crippen LogP contribution is -2.44. The van der Waals surface area contributed by atoms with Crippen LogP contribution in [0.15, 0.2) is 0 Å². The lowest BCUT2D eigenvalue weighted by Gasteiger charge is -2.24. The molecule has 0 heterocycles. The molecule has 0 spiro atoms. The molecule has 1 atom stereocenters. The normalized spacial score (nSPS) is 18.4. The van der Waals surface area contributed by atoms with Crippen molar-refractivity contribution >= 4 is 5.91 Å². The molecule has 1 saturated carbocycles. The smallest absolute Gasteiger partial charge is 0.239 e. The highest BCUT2D eigenvalue weighted by Crippen LogP contribution is 2.27. The molecule has 3 nitrogen and oxygen atoms in total. The van der Waals surface area contributed by atoms with Crippen molar-refractivity contribution in [2.75, 3.05) is 6.54 Å². The van der Waals surface area contributed by atoms with E-state index in [1.54, 1.807) is 0 Å². The number of carbonyl (C=O) groups excluding carboxylic acids is 1. The topological polar surface area (TPSA) is 46.3 Å². The summed E-state index contributed by atoms with van der Waals surface area (Å²) in [7, 11) is 0. The Labute approximate surface area is 80.3 Å². The number of hydrogen-bond donors (Lipinski definition) is 1. The van der Waals surface area contributed by atoms with E-state index in [9.17, 15) is 4.79 Å². The van der Waals surface area contributed by atoms with Crippen molar-refractivity contribution in [3.63, 3.8) is 0 Å². The summed E-state index contributed by atoms with van der Waals surface area (Å²) in [6.45, 7) is 4.93. The molecule has 0 aliphatic heterocycles. The van der Waals surface area contributed by atoms with Crippen LogP contribution in [0.1, 0.15) is 39.5 Å². The van der Waals surface area contributed by atoms with E-state index < -0.39 is 0 Å². The van der Waals surface area contributed by atoms with Crippen LogP contribution in [-0.2, 0) is 4.79 Å². The van der Waals surface area contributed by atoms with Gasteiger partial charge in [-0.2, -0.15) is 0 Å². The SMILES string of the molecule is CCCN(C(=O)C(N)CC)C1CC1. The Morgan fingerprint density at radius 3 is 2.54 bits per heavy atom. The van der Waals surface area contributed by atoms with Crippen LogP contribution in [0, 0.1) is 0 Å². The molecular weight excluding hydrogens is 164 g/mol. The fourth-order valence-electron chi connectivity index (χ4n) is 1.49. The minimum atomic E-state index is -0.285. The van der Waals surface area contributed by atoms with Crippen LogP contribution in [-0.4, -0.2) is 29.4 Å². The fourth-order valence-corrected chi connectivity index (χ4v) is 1.49. The van der Waals surface area contributed by atoms with Crippen LogP contribution in [0.5, 0.6) is 0 Å². The summed E-state index contributed by atoms with van der Waals surface area (Å²) in [6.07, 6.45) is 4.11. The Kier molecular flexibility index (Phi) is 3.72. The zero-order valence-corrected chi connectivity index (χ0v) is 8.62. The van der Waals surface area contributed by atoms with Crippen molar-refractivity contribution in [3.05, 3.63) is 0 Å². The second-order valence-electron chi connectivity index (χ2n) is 3.78. The molecule has 0 aromatic carbocycles. The molecule has 0 saturated heterocycles. The summed E-state index contributed by atoms with van der Waals surface area (Å²) in [4.78, 5) is 13.7. The second kappa shape index (κ2) is 4.61. The van der Waals surface area contributed by atoms with Gasteiger partial charge < -0.3 is 10.6 Å². The van der Waals surface area contributed by atoms with Crippen LogP contribution in [0.4, 0.5) is 0 Å². The monoisotopic (exact) mass is 184 g/mol. The summed E-state index contributed by atoms with van der Waals surface area (Å²) in [5, 5.41) is 0. The van der Waals surface area contributed by atoms with Gasteiger partial charge in [-0.3, -0.25) is 4.79 Å². The molecule has 13 heavy (non-hydrogen) atoms. The highest BCUT2D eigenvalue weighted by Gasteiger charge is 2.33. The molecule has 1 unspecified atom stereocenters. The van der Waals surface area contributed by atoms with Gasteiger partial charge >= 0.3 is 0 Å². The van der Waals surface area contributed by atoms with E-state index in [4.69, 9.17) is 5.73 Å². The van der Waals surface area contributed by atoms with Crippen molar-refractivity contribution < 1.29 is 4.79 Å². The molecular formula is C10H20N2O. The minimum absolute atomic E-state index is 0.145. The summed E-state index contributed by atoms with van der Waals surface area (Å²) < 4.78 is 0.